The Hall–Kier alpha value is -0.0800. The second-order valence-electron chi connectivity index (χ2n) is 2.32. The molecule has 2 heteroatoms. The van der Waals surface area contributed by atoms with Gasteiger partial charge in [-0.15, -0.1) is 0 Å². The number of hydrogen-bond donors (Lipinski definition) is 2. The quantitative estimate of drug-likeness (QED) is 0.503. The van der Waals surface area contributed by atoms with Crippen LogP contribution in [0, 0.1) is 0 Å². The Kier molecular flexibility index (Phi) is 6.85. The molecule has 0 heterocycles. The van der Waals surface area contributed by atoms with Crippen molar-refractivity contribution < 1.29 is 10.8 Å². The first-order valence-electron chi connectivity index (χ1n) is 3.02. The molecule has 0 rings (SSSR count). The summed E-state index contributed by atoms with van der Waals surface area (Å²) < 4.78 is 0. The van der Waals surface area contributed by atoms with Crippen LogP contribution in [0.2, 0.25) is 0 Å². The highest BCUT2D eigenvalue weighted by atomic mass is 16.3. The third-order valence-corrected chi connectivity index (χ3v) is 0.428. The van der Waals surface area contributed by atoms with E-state index in [0.717, 1.165) is 0 Å². The van der Waals surface area contributed by atoms with Gasteiger partial charge in [0.25, 0.3) is 0 Å². The molecule has 0 amide bonds. The number of quaternary nitrogens is 1. The molecule has 52 valence electrons. The first-order valence-corrected chi connectivity index (χ1v) is 3.02. The number of aliphatic hydroxyl groups is 1. The zero-order valence-electron chi connectivity index (χ0n) is 6.36. The molecule has 0 saturated carbocycles. The van der Waals surface area contributed by atoms with E-state index in [0.29, 0.717) is 0 Å². The van der Waals surface area contributed by atoms with Crippen LogP contribution >= 0.6 is 0 Å². The van der Waals surface area contributed by atoms with Gasteiger partial charge in [-0.3, -0.25) is 0 Å². The van der Waals surface area contributed by atoms with E-state index in [1.165, 1.54) is 0 Å². The molecule has 2 nitrogen and oxygen atoms in total. The highest BCUT2D eigenvalue weighted by Gasteiger charge is 2.10. The van der Waals surface area contributed by atoms with Crippen LogP contribution in [0.15, 0.2) is 0 Å². The first kappa shape index (κ1) is 10.8. The lowest BCUT2D eigenvalue weighted by Crippen LogP contribution is -2.71. The van der Waals surface area contributed by atoms with Crippen molar-refractivity contribution >= 4 is 0 Å². The minimum Gasteiger partial charge on any atom is -0.390 e. The van der Waals surface area contributed by atoms with Gasteiger partial charge in [-0.2, -0.15) is 0 Å². The summed E-state index contributed by atoms with van der Waals surface area (Å²) in [4.78, 5) is 0. The molecule has 0 saturated heterocycles. The Morgan fingerprint density at radius 2 is 1.50 bits per heavy atom. The van der Waals surface area contributed by atoms with Crippen molar-refractivity contribution in [2.75, 3.05) is 6.61 Å². The van der Waals surface area contributed by atoms with Crippen molar-refractivity contribution in [1.29, 1.82) is 0 Å². The molecule has 8 heavy (non-hydrogen) atoms. The number of hydrogen-bond acceptors (Lipinski definition) is 1. The average Bonchev–Trinajstić information content (AvgIpc) is 1.71. The van der Waals surface area contributed by atoms with Gasteiger partial charge in [0.15, 0.2) is 0 Å². The Bertz CT molecular complexity index is 38.3. The molecule has 0 aromatic carbocycles. The minimum atomic E-state index is -0.153. The minimum absolute atomic E-state index is 0.153. The molecule has 0 radical (unpaired) electrons. The predicted molar refractivity (Wildman–Crippen MR) is 35.4 cm³/mol. The number of aliphatic hydroxyl groups excluding tert-OH is 1. The molecular formula is C6H18NO+. The molecule has 0 fully saturated rings. The van der Waals surface area contributed by atoms with Crippen molar-refractivity contribution in [3.63, 3.8) is 0 Å². The highest BCUT2D eigenvalue weighted by Crippen LogP contribution is 1.86. The maximum absolute atomic E-state index is 8.34. The van der Waals surface area contributed by atoms with Gasteiger partial charge < -0.3 is 10.8 Å². The van der Waals surface area contributed by atoms with E-state index in [1.54, 1.807) is 0 Å². The average molecular weight is 120 g/mol. The van der Waals surface area contributed by atoms with Crippen molar-refractivity contribution in [2.24, 2.45) is 0 Å². The normalized spacial score (nSPS) is 9.75. The van der Waals surface area contributed by atoms with Crippen molar-refractivity contribution in [1.82, 2.24) is 0 Å². The SMILES string of the molecule is CC.CC(C)([NH3+])CO. The summed E-state index contributed by atoms with van der Waals surface area (Å²) in [6, 6.07) is 0. The molecule has 4 N–H and O–H groups in total. The van der Waals surface area contributed by atoms with Gasteiger partial charge in [-0.05, 0) is 13.8 Å². The Balaban J connectivity index is 0. The zero-order chi connectivity index (χ0) is 7.21. The lowest BCUT2D eigenvalue weighted by atomic mass is 10.1. The molecule has 0 aliphatic heterocycles. The predicted octanol–water partition coefficient (Wildman–Crippen LogP) is 0.0254. The molecule has 0 bridgehead atoms. The summed E-state index contributed by atoms with van der Waals surface area (Å²) in [6.07, 6.45) is 0. The van der Waals surface area contributed by atoms with Crippen LogP contribution in [0.3, 0.4) is 0 Å². The fourth-order valence-corrected chi connectivity index (χ4v) is 0. The van der Waals surface area contributed by atoms with E-state index in [2.05, 4.69) is 5.73 Å². The second kappa shape index (κ2) is 5.06. The topological polar surface area (TPSA) is 47.9 Å². The van der Waals surface area contributed by atoms with E-state index < -0.39 is 0 Å². The van der Waals surface area contributed by atoms with Gasteiger partial charge in [0.2, 0.25) is 0 Å². The molecule has 0 spiro atoms. The third kappa shape index (κ3) is 16.8. The van der Waals surface area contributed by atoms with Crippen molar-refractivity contribution in [3.05, 3.63) is 0 Å². The van der Waals surface area contributed by atoms with Crippen LogP contribution in [0.1, 0.15) is 27.7 Å². The van der Waals surface area contributed by atoms with Gasteiger partial charge in [0.1, 0.15) is 5.54 Å². The Labute approximate surface area is 51.7 Å². The summed E-state index contributed by atoms with van der Waals surface area (Å²) in [5.74, 6) is 0. The zero-order valence-corrected chi connectivity index (χ0v) is 6.36. The van der Waals surface area contributed by atoms with Crippen LogP contribution in [-0.2, 0) is 0 Å². The summed E-state index contributed by atoms with van der Waals surface area (Å²) >= 11 is 0. The largest absolute Gasteiger partial charge is 0.390 e. The fraction of sp³-hybridized carbons (Fsp3) is 1.00. The van der Waals surface area contributed by atoms with Gasteiger partial charge >= 0.3 is 0 Å². The molecule has 0 atom stereocenters. The molecule has 0 aliphatic carbocycles. The summed E-state index contributed by atoms with van der Waals surface area (Å²) in [6.45, 7) is 7.92. The van der Waals surface area contributed by atoms with Crippen LogP contribution in [0.4, 0.5) is 0 Å². The smallest absolute Gasteiger partial charge is 0.112 e. The van der Waals surface area contributed by atoms with Crippen molar-refractivity contribution in [3.8, 4) is 0 Å². The Morgan fingerprint density at radius 3 is 1.50 bits per heavy atom. The van der Waals surface area contributed by atoms with E-state index >= 15 is 0 Å². The van der Waals surface area contributed by atoms with E-state index in [-0.39, 0.29) is 12.1 Å². The standard InChI is InChI=1S/C4H11NO.C2H6/c1-4(2,5)3-6;1-2/h6H,3,5H2,1-2H3;1-2H3/p+1. The monoisotopic (exact) mass is 120 g/mol. The fourth-order valence-electron chi connectivity index (χ4n) is 0. The van der Waals surface area contributed by atoms with Gasteiger partial charge in [0.05, 0.1) is 6.61 Å². The molecule has 0 aromatic rings. The lowest BCUT2D eigenvalue weighted by Gasteiger charge is -2.07. The maximum atomic E-state index is 8.34. The molecule has 0 unspecified atom stereocenters. The lowest BCUT2D eigenvalue weighted by molar-refractivity contribution is -0.471. The second-order valence-corrected chi connectivity index (χ2v) is 2.32. The summed E-state index contributed by atoms with van der Waals surface area (Å²) in [5.41, 5.74) is 3.49. The third-order valence-electron chi connectivity index (χ3n) is 0.428. The van der Waals surface area contributed by atoms with Gasteiger partial charge in [-0.25, -0.2) is 0 Å². The molecular weight excluding hydrogens is 102 g/mol. The summed E-state index contributed by atoms with van der Waals surface area (Å²) in [7, 11) is 0. The van der Waals surface area contributed by atoms with Gasteiger partial charge in [0, 0.05) is 0 Å². The summed E-state index contributed by atoms with van der Waals surface area (Å²) in [5, 5.41) is 8.34. The van der Waals surface area contributed by atoms with Gasteiger partial charge in [-0.1, -0.05) is 13.8 Å². The van der Waals surface area contributed by atoms with E-state index in [4.69, 9.17) is 5.11 Å². The molecule has 0 aliphatic rings. The van der Waals surface area contributed by atoms with E-state index in [1.807, 2.05) is 27.7 Å². The first-order chi connectivity index (χ1) is 3.56. The Morgan fingerprint density at radius 1 is 1.38 bits per heavy atom. The maximum Gasteiger partial charge on any atom is 0.112 e. The number of rotatable bonds is 1. The highest BCUT2D eigenvalue weighted by molar-refractivity contribution is 4.57. The van der Waals surface area contributed by atoms with Crippen LogP contribution in [0.5, 0.6) is 0 Å². The molecule has 0 aromatic heterocycles. The van der Waals surface area contributed by atoms with Crippen LogP contribution in [-0.4, -0.2) is 17.3 Å². The van der Waals surface area contributed by atoms with Crippen LogP contribution < -0.4 is 5.73 Å². The van der Waals surface area contributed by atoms with E-state index in [9.17, 15) is 0 Å². The van der Waals surface area contributed by atoms with Crippen LogP contribution in [0.25, 0.3) is 0 Å². The van der Waals surface area contributed by atoms with Crippen molar-refractivity contribution in [2.45, 2.75) is 33.2 Å².